The highest BCUT2D eigenvalue weighted by Gasteiger charge is 2.34. The van der Waals surface area contributed by atoms with Crippen molar-refractivity contribution < 1.29 is 14.3 Å². The monoisotopic (exact) mass is 328 g/mol. The number of nitrogens with zero attached hydrogens (tertiary/aromatic N) is 3. The van der Waals surface area contributed by atoms with Gasteiger partial charge in [0.2, 0.25) is 0 Å². The van der Waals surface area contributed by atoms with Crippen LogP contribution in [0.25, 0.3) is 0 Å². The summed E-state index contributed by atoms with van der Waals surface area (Å²) in [6.07, 6.45) is 3.20. The maximum absolute atomic E-state index is 11.3. The lowest BCUT2D eigenvalue weighted by atomic mass is 10.0. The summed E-state index contributed by atoms with van der Waals surface area (Å²) >= 11 is 0. The smallest absolute Gasteiger partial charge is 0.335 e. The van der Waals surface area contributed by atoms with E-state index in [1.165, 1.54) is 6.39 Å². The quantitative estimate of drug-likeness (QED) is 0.869. The molecule has 1 fully saturated rings. The van der Waals surface area contributed by atoms with Crippen LogP contribution in [0, 0.1) is 5.92 Å². The Labute approximate surface area is 139 Å². The first kappa shape index (κ1) is 15.0. The van der Waals surface area contributed by atoms with Crippen LogP contribution in [0.1, 0.15) is 23.0 Å². The zero-order chi connectivity index (χ0) is 16.7. The van der Waals surface area contributed by atoms with E-state index in [9.17, 15) is 9.90 Å². The number of rotatable bonds is 5. The zero-order valence-corrected chi connectivity index (χ0v) is 13.5. The fourth-order valence-corrected chi connectivity index (χ4v) is 3.50. The van der Waals surface area contributed by atoms with Gasteiger partial charge in [-0.1, -0.05) is 6.92 Å². The van der Waals surface area contributed by atoms with Crippen molar-refractivity contribution in [3.63, 3.8) is 0 Å². The highest BCUT2D eigenvalue weighted by Crippen LogP contribution is 2.37. The molecule has 0 bridgehead atoms. The molecule has 0 aliphatic carbocycles. The van der Waals surface area contributed by atoms with Gasteiger partial charge in [-0.2, -0.15) is 0 Å². The molecule has 126 valence electrons. The molecule has 2 aliphatic heterocycles. The molecule has 24 heavy (non-hydrogen) atoms. The van der Waals surface area contributed by atoms with E-state index in [2.05, 4.69) is 27.0 Å². The number of hydrogen-bond acceptors (Lipinski definition) is 6. The van der Waals surface area contributed by atoms with Crippen LogP contribution in [0.15, 0.2) is 35.2 Å². The van der Waals surface area contributed by atoms with Crippen LogP contribution < -0.4 is 10.2 Å². The van der Waals surface area contributed by atoms with Crippen molar-refractivity contribution in [1.82, 2.24) is 9.88 Å². The average Bonchev–Trinajstić information content (AvgIpc) is 3.14. The fourth-order valence-electron chi connectivity index (χ4n) is 3.50. The molecule has 0 amide bonds. The van der Waals surface area contributed by atoms with Crippen molar-refractivity contribution >= 4 is 17.3 Å². The number of carbonyl (C=O) groups is 1. The summed E-state index contributed by atoms with van der Waals surface area (Å²) in [6, 6.07) is 5.19. The molecule has 1 aromatic heterocycles. The fraction of sp³-hybridized carbons (Fsp3) is 0.412. The Morgan fingerprint density at radius 2 is 2.29 bits per heavy atom. The van der Waals surface area contributed by atoms with E-state index in [1.54, 1.807) is 18.3 Å². The Kier molecular flexibility index (Phi) is 3.65. The molecule has 2 N–H and O–H groups in total. The van der Waals surface area contributed by atoms with Crippen LogP contribution in [-0.4, -0.2) is 46.8 Å². The Morgan fingerprint density at radius 1 is 1.46 bits per heavy atom. The van der Waals surface area contributed by atoms with Crippen molar-refractivity contribution in [2.75, 3.05) is 29.9 Å². The molecule has 1 unspecified atom stereocenters. The van der Waals surface area contributed by atoms with Gasteiger partial charge < -0.3 is 19.7 Å². The normalized spacial score (nSPS) is 20.5. The van der Waals surface area contributed by atoms with Crippen molar-refractivity contribution in [3.05, 3.63) is 42.1 Å². The highest BCUT2D eigenvalue weighted by atomic mass is 16.4. The molecule has 3 heterocycles. The largest absolute Gasteiger partial charge is 0.478 e. The third-order valence-electron chi connectivity index (χ3n) is 4.63. The summed E-state index contributed by atoms with van der Waals surface area (Å²) in [5.41, 5.74) is 2.14. The number of oxazole rings is 1. The number of hydrogen-bond donors (Lipinski definition) is 2. The number of carboxylic acid groups (broad SMARTS) is 1. The number of aromatic nitrogens is 1. The number of likely N-dealkylation sites (tertiary alicyclic amines) is 1. The highest BCUT2D eigenvalue weighted by molar-refractivity contribution is 5.92. The van der Waals surface area contributed by atoms with Gasteiger partial charge in [-0.15, -0.1) is 0 Å². The van der Waals surface area contributed by atoms with Gasteiger partial charge in [-0.3, -0.25) is 4.90 Å². The van der Waals surface area contributed by atoms with E-state index >= 15 is 0 Å². The number of carboxylic acids is 1. The van der Waals surface area contributed by atoms with E-state index in [0.29, 0.717) is 6.54 Å². The van der Waals surface area contributed by atoms with E-state index in [4.69, 9.17) is 4.42 Å². The van der Waals surface area contributed by atoms with Gasteiger partial charge in [0.05, 0.1) is 29.7 Å². The predicted molar refractivity (Wildman–Crippen MR) is 89.1 cm³/mol. The van der Waals surface area contributed by atoms with Gasteiger partial charge in [-0.25, -0.2) is 9.78 Å². The average molecular weight is 328 g/mol. The topological polar surface area (TPSA) is 81.8 Å². The Hall–Kier alpha value is -2.54. The number of aromatic carboxylic acids is 1. The Bertz CT molecular complexity index is 740. The standard InChI is InChI=1S/C17H20N4O3/c1-11-6-20(7-11)9-16-19-14-3-2-12(17(22)23)4-15(14)21(16)8-13-5-18-10-24-13/h2-5,10-11,16,19H,6-9H2,1H3,(H,22,23). The molecule has 7 heteroatoms. The maximum Gasteiger partial charge on any atom is 0.335 e. The predicted octanol–water partition coefficient (Wildman–Crippen LogP) is 2.08. The minimum atomic E-state index is -0.919. The molecular formula is C17H20N4O3. The third kappa shape index (κ3) is 2.71. The second kappa shape index (κ2) is 5.83. The van der Waals surface area contributed by atoms with Gasteiger partial charge >= 0.3 is 5.97 Å². The van der Waals surface area contributed by atoms with Crippen LogP contribution in [0.2, 0.25) is 0 Å². The van der Waals surface area contributed by atoms with Crippen LogP contribution >= 0.6 is 0 Å². The molecular weight excluding hydrogens is 308 g/mol. The number of nitrogens with one attached hydrogen (secondary N) is 1. The summed E-state index contributed by atoms with van der Waals surface area (Å²) in [6.45, 7) is 5.89. The van der Waals surface area contributed by atoms with E-state index in [-0.39, 0.29) is 11.7 Å². The van der Waals surface area contributed by atoms with Crippen LogP contribution in [0.3, 0.4) is 0 Å². The van der Waals surface area contributed by atoms with Gasteiger partial charge in [-0.05, 0) is 24.1 Å². The molecule has 0 radical (unpaired) electrons. The van der Waals surface area contributed by atoms with Crippen LogP contribution in [-0.2, 0) is 6.54 Å². The molecule has 4 rings (SSSR count). The summed E-state index contributed by atoms with van der Waals surface area (Å²) in [5, 5.41) is 12.8. The lowest BCUT2D eigenvalue weighted by molar-refractivity contribution is 0.0697. The SMILES string of the molecule is CC1CN(CC2Nc3ccc(C(=O)O)cc3N2Cc2cnco2)C1. The van der Waals surface area contributed by atoms with Gasteiger partial charge in [0.1, 0.15) is 11.9 Å². The molecule has 1 aromatic carbocycles. The molecule has 2 aromatic rings. The second-order valence-electron chi connectivity index (χ2n) is 6.62. The molecule has 7 nitrogen and oxygen atoms in total. The lowest BCUT2D eigenvalue weighted by Gasteiger charge is -2.40. The molecule has 0 saturated carbocycles. The van der Waals surface area contributed by atoms with Crippen LogP contribution in [0.5, 0.6) is 0 Å². The third-order valence-corrected chi connectivity index (χ3v) is 4.63. The Balaban J connectivity index is 1.61. The first-order valence-corrected chi connectivity index (χ1v) is 8.10. The van der Waals surface area contributed by atoms with Crippen molar-refractivity contribution in [1.29, 1.82) is 0 Å². The summed E-state index contributed by atoms with van der Waals surface area (Å²) < 4.78 is 5.39. The number of anilines is 2. The maximum atomic E-state index is 11.3. The van der Waals surface area contributed by atoms with Crippen LogP contribution in [0.4, 0.5) is 11.4 Å². The van der Waals surface area contributed by atoms with Gasteiger partial charge in [0.25, 0.3) is 0 Å². The first-order chi connectivity index (χ1) is 11.6. The summed E-state index contributed by atoms with van der Waals surface area (Å²) in [4.78, 5) is 19.8. The van der Waals surface area contributed by atoms with E-state index in [1.807, 2.05) is 6.07 Å². The second-order valence-corrected chi connectivity index (χ2v) is 6.62. The van der Waals surface area contributed by atoms with Crippen molar-refractivity contribution in [2.24, 2.45) is 5.92 Å². The molecule has 1 atom stereocenters. The van der Waals surface area contributed by atoms with Crippen molar-refractivity contribution in [2.45, 2.75) is 19.6 Å². The van der Waals surface area contributed by atoms with Gasteiger partial charge in [0.15, 0.2) is 6.39 Å². The lowest BCUT2D eigenvalue weighted by Crippen LogP contribution is -2.53. The number of fused-ring (bicyclic) bond motifs is 1. The summed E-state index contributed by atoms with van der Waals surface area (Å²) in [7, 11) is 0. The van der Waals surface area contributed by atoms with E-state index < -0.39 is 5.97 Å². The van der Waals surface area contributed by atoms with Gasteiger partial charge in [0, 0.05) is 19.6 Å². The minimum Gasteiger partial charge on any atom is -0.478 e. The molecule has 1 saturated heterocycles. The molecule has 2 aliphatic rings. The molecule has 0 spiro atoms. The van der Waals surface area contributed by atoms with Crippen molar-refractivity contribution in [3.8, 4) is 0 Å². The zero-order valence-electron chi connectivity index (χ0n) is 13.5. The summed E-state index contributed by atoms with van der Waals surface area (Å²) in [5.74, 6) is 0.583. The van der Waals surface area contributed by atoms with E-state index in [0.717, 1.165) is 42.7 Å². The number of benzene rings is 1. The minimum absolute atomic E-state index is 0.0849. The first-order valence-electron chi connectivity index (χ1n) is 8.10. The Morgan fingerprint density at radius 3 is 2.96 bits per heavy atom.